The largest absolute Gasteiger partial charge is 0.484 e. The number of guanidine groups is 1. The van der Waals surface area contributed by atoms with Crippen molar-refractivity contribution in [1.82, 2.24) is 10.6 Å². The molecule has 0 spiro atoms. The molecule has 0 atom stereocenters. The molecule has 2 aromatic carbocycles. The second kappa shape index (κ2) is 11.5. The Balaban J connectivity index is 0.00000420. The Kier molecular flexibility index (Phi) is 9.74. The van der Waals surface area contributed by atoms with Crippen molar-refractivity contribution in [2.24, 2.45) is 4.99 Å². The first-order valence-corrected chi connectivity index (χ1v) is 8.53. The van der Waals surface area contributed by atoms with E-state index in [4.69, 9.17) is 10.00 Å². The molecule has 0 unspecified atom stereocenters. The maximum absolute atomic E-state index is 12.5. The topological polar surface area (TPSA) is 69.4 Å². The summed E-state index contributed by atoms with van der Waals surface area (Å²) >= 11 is 0. The van der Waals surface area contributed by atoms with E-state index in [2.05, 4.69) is 21.7 Å². The average molecular weight is 518 g/mol. The Hall–Kier alpha value is -2.48. The molecular weight excluding hydrogens is 496 g/mol. The minimum Gasteiger partial charge on any atom is -0.484 e. The summed E-state index contributed by atoms with van der Waals surface area (Å²) in [5.74, 6) is 0.659. The lowest BCUT2D eigenvalue weighted by molar-refractivity contribution is -0.153. The number of rotatable bonds is 6. The quantitative estimate of drug-likeness (QED) is 0.340. The van der Waals surface area contributed by atoms with E-state index < -0.39 is 12.8 Å². The number of nitriles is 1. The third-order valence-corrected chi connectivity index (χ3v) is 3.80. The number of aryl methyl sites for hydroxylation is 1. The number of alkyl halides is 3. The first-order valence-electron chi connectivity index (χ1n) is 8.53. The van der Waals surface area contributed by atoms with Gasteiger partial charge in [0.05, 0.1) is 11.6 Å². The summed E-state index contributed by atoms with van der Waals surface area (Å²) < 4.78 is 42.4. The molecule has 0 fully saturated rings. The fourth-order valence-electron chi connectivity index (χ4n) is 2.44. The van der Waals surface area contributed by atoms with E-state index in [9.17, 15) is 13.2 Å². The summed E-state index contributed by atoms with van der Waals surface area (Å²) in [5.41, 5.74) is 2.87. The molecule has 0 saturated carbocycles. The van der Waals surface area contributed by atoms with Crippen LogP contribution in [0.4, 0.5) is 13.2 Å². The lowest BCUT2D eigenvalue weighted by Gasteiger charge is -2.16. The van der Waals surface area contributed by atoms with E-state index >= 15 is 0 Å². The molecule has 2 rings (SSSR count). The van der Waals surface area contributed by atoms with E-state index in [1.54, 1.807) is 50.4 Å². The van der Waals surface area contributed by atoms with Gasteiger partial charge in [-0.05, 0) is 36.2 Å². The summed E-state index contributed by atoms with van der Waals surface area (Å²) in [6.07, 6.45) is -4.40. The maximum Gasteiger partial charge on any atom is 0.422 e. The number of halogens is 4. The Labute approximate surface area is 185 Å². The lowest BCUT2D eigenvalue weighted by Crippen LogP contribution is -2.36. The van der Waals surface area contributed by atoms with Crippen LogP contribution in [0.25, 0.3) is 0 Å². The molecule has 2 aromatic rings. The van der Waals surface area contributed by atoms with Gasteiger partial charge in [0.2, 0.25) is 0 Å². The smallest absolute Gasteiger partial charge is 0.422 e. The van der Waals surface area contributed by atoms with Crippen LogP contribution in [0.2, 0.25) is 0 Å². The van der Waals surface area contributed by atoms with Crippen LogP contribution in [-0.2, 0) is 13.1 Å². The second-order valence-corrected chi connectivity index (χ2v) is 6.11. The molecular formula is C20H22F3IN4O. The van der Waals surface area contributed by atoms with Crippen molar-refractivity contribution in [1.29, 1.82) is 5.26 Å². The van der Waals surface area contributed by atoms with Gasteiger partial charge in [0, 0.05) is 25.7 Å². The second-order valence-electron chi connectivity index (χ2n) is 6.11. The van der Waals surface area contributed by atoms with Crippen LogP contribution in [0.1, 0.15) is 22.3 Å². The van der Waals surface area contributed by atoms with Gasteiger partial charge in [0.1, 0.15) is 5.75 Å². The SMILES string of the molecule is CN=C(NCc1cccc(C#N)c1)NCc1ccc(C)cc1OCC(F)(F)F.I. The van der Waals surface area contributed by atoms with Crippen LogP contribution in [0, 0.1) is 18.3 Å². The van der Waals surface area contributed by atoms with Crippen molar-refractivity contribution in [2.45, 2.75) is 26.2 Å². The Morgan fingerprint density at radius 1 is 1.14 bits per heavy atom. The number of nitrogens with one attached hydrogen (secondary N) is 2. The van der Waals surface area contributed by atoms with Gasteiger partial charge < -0.3 is 15.4 Å². The highest BCUT2D eigenvalue weighted by Gasteiger charge is 2.28. The van der Waals surface area contributed by atoms with Crippen molar-refractivity contribution in [3.63, 3.8) is 0 Å². The van der Waals surface area contributed by atoms with Crippen molar-refractivity contribution in [3.05, 3.63) is 64.7 Å². The molecule has 0 saturated heterocycles. The van der Waals surface area contributed by atoms with Gasteiger partial charge in [0.25, 0.3) is 0 Å². The van der Waals surface area contributed by atoms with Crippen LogP contribution >= 0.6 is 24.0 Å². The van der Waals surface area contributed by atoms with Gasteiger partial charge in [-0.15, -0.1) is 24.0 Å². The molecule has 0 aromatic heterocycles. The van der Waals surface area contributed by atoms with Gasteiger partial charge in [-0.2, -0.15) is 18.4 Å². The van der Waals surface area contributed by atoms with E-state index in [0.29, 0.717) is 23.6 Å². The predicted octanol–water partition coefficient (Wildman–Crippen LogP) is 4.29. The van der Waals surface area contributed by atoms with E-state index in [-0.39, 0.29) is 36.3 Å². The third-order valence-electron chi connectivity index (χ3n) is 3.80. The van der Waals surface area contributed by atoms with Crippen LogP contribution in [0.15, 0.2) is 47.5 Å². The molecule has 0 amide bonds. The molecule has 29 heavy (non-hydrogen) atoms. The van der Waals surface area contributed by atoms with Crippen LogP contribution < -0.4 is 15.4 Å². The van der Waals surface area contributed by atoms with E-state index in [1.165, 1.54) is 0 Å². The maximum atomic E-state index is 12.5. The standard InChI is InChI=1S/C20H21F3N4O.HI/c1-14-6-7-17(18(8-14)28-13-20(21,22)23)12-27-19(25-2)26-11-16-5-3-4-15(9-16)10-24;/h3-9H,11-13H2,1-2H3,(H2,25,26,27);1H. The predicted molar refractivity (Wildman–Crippen MR) is 116 cm³/mol. The number of hydrogen-bond donors (Lipinski definition) is 2. The van der Waals surface area contributed by atoms with Gasteiger partial charge in [0.15, 0.2) is 12.6 Å². The fourth-order valence-corrected chi connectivity index (χ4v) is 2.44. The molecule has 0 bridgehead atoms. The highest BCUT2D eigenvalue weighted by atomic mass is 127. The molecule has 2 N–H and O–H groups in total. The zero-order valence-corrected chi connectivity index (χ0v) is 18.3. The number of hydrogen-bond acceptors (Lipinski definition) is 3. The molecule has 5 nitrogen and oxygen atoms in total. The third kappa shape index (κ3) is 8.60. The van der Waals surface area contributed by atoms with E-state index in [0.717, 1.165) is 11.1 Å². The van der Waals surface area contributed by atoms with Crippen molar-refractivity contribution in [3.8, 4) is 11.8 Å². The first-order chi connectivity index (χ1) is 13.3. The molecule has 156 valence electrons. The number of ether oxygens (including phenoxy) is 1. The Morgan fingerprint density at radius 3 is 2.52 bits per heavy atom. The highest BCUT2D eigenvalue weighted by molar-refractivity contribution is 14.0. The normalized spacial score (nSPS) is 11.2. The van der Waals surface area contributed by atoms with Crippen molar-refractivity contribution in [2.75, 3.05) is 13.7 Å². The Morgan fingerprint density at radius 2 is 1.86 bits per heavy atom. The van der Waals surface area contributed by atoms with Crippen LogP contribution in [0.5, 0.6) is 5.75 Å². The van der Waals surface area contributed by atoms with Gasteiger partial charge in [-0.3, -0.25) is 4.99 Å². The van der Waals surface area contributed by atoms with E-state index in [1.807, 2.05) is 6.07 Å². The number of benzene rings is 2. The number of nitrogens with zero attached hydrogens (tertiary/aromatic N) is 2. The molecule has 9 heteroatoms. The van der Waals surface area contributed by atoms with Crippen LogP contribution in [-0.4, -0.2) is 25.8 Å². The summed E-state index contributed by atoms with van der Waals surface area (Å²) in [5, 5.41) is 15.1. The molecule has 0 aliphatic carbocycles. The van der Waals surface area contributed by atoms with Crippen molar-refractivity contribution >= 4 is 29.9 Å². The first kappa shape index (κ1) is 24.6. The molecule has 0 heterocycles. The monoisotopic (exact) mass is 518 g/mol. The minimum absolute atomic E-state index is 0. The highest BCUT2D eigenvalue weighted by Crippen LogP contribution is 2.23. The Bertz CT molecular complexity index is 879. The zero-order valence-electron chi connectivity index (χ0n) is 16.0. The fraction of sp³-hybridized carbons (Fsp3) is 0.300. The van der Waals surface area contributed by atoms with Gasteiger partial charge in [-0.1, -0.05) is 24.3 Å². The van der Waals surface area contributed by atoms with Crippen molar-refractivity contribution < 1.29 is 17.9 Å². The average Bonchev–Trinajstić information content (AvgIpc) is 2.67. The number of aliphatic imine (C=N–C) groups is 1. The van der Waals surface area contributed by atoms with Gasteiger partial charge >= 0.3 is 6.18 Å². The molecule has 0 aliphatic heterocycles. The summed E-state index contributed by atoms with van der Waals surface area (Å²) in [6, 6.07) is 14.3. The van der Waals surface area contributed by atoms with Crippen LogP contribution in [0.3, 0.4) is 0 Å². The summed E-state index contributed by atoms with van der Waals surface area (Å²) in [7, 11) is 1.59. The summed E-state index contributed by atoms with van der Waals surface area (Å²) in [6.45, 7) is 1.13. The summed E-state index contributed by atoms with van der Waals surface area (Å²) in [4.78, 5) is 4.10. The van der Waals surface area contributed by atoms with Gasteiger partial charge in [-0.25, -0.2) is 0 Å². The zero-order chi connectivity index (χ0) is 20.6. The molecule has 0 radical (unpaired) electrons. The minimum atomic E-state index is -4.40. The molecule has 0 aliphatic rings. The lowest BCUT2D eigenvalue weighted by atomic mass is 10.1.